The Morgan fingerprint density at radius 3 is 2.29 bits per heavy atom. The molecule has 3 fully saturated rings. The first kappa shape index (κ1) is 9.13. The molecule has 3 saturated heterocycles. The van der Waals surface area contributed by atoms with Gasteiger partial charge in [-0.05, 0) is 38.1 Å². The van der Waals surface area contributed by atoms with Gasteiger partial charge in [0.15, 0.2) is 6.29 Å². The van der Waals surface area contributed by atoms with Crippen LogP contribution in [0.5, 0.6) is 0 Å². The van der Waals surface area contributed by atoms with E-state index in [1.807, 2.05) is 0 Å². The molecule has 80 valence electrons. The number of ether oxygens (including phenoxy) is 1. The van der Waals surface area contributed by atoms with E-state index in [0.717, 1.165) is 12.1 Å². The molecule has 1 N–H and O–H groups in total. The molecule has 0 aromatic heterocycles. The summed E-state index contributed by atoms with van der Waals surface area (Å²) >= 11 is 0. The molecule has 0 radical (unpaired) electrons. The molecule has 0 aromatic rings. The lowest BCUT2D eigenvalue weighted by Gasteiger charge is -2.37. The van der Waals surface area contributed by atoms with Crippen LogP contribution in [0.1, 0.15) is 32.6 Å². The largest absolute Gasteiger partial charge is 0.366 e. The summed E-state index contributed by atoms with van der Waals surface area (Å²) in [5.74, 6) is 0.630. The Balaban J connectivity index is 1.67. The van der Waals surface area contributed by atoms with E-state index < -0.39 is 6.29 Å². The van der Waals surface area contributed by atoms with Crippen LogP contribution < -0.4 is 0 Å². The highest BCUT2D eigenvalue weighted by atomic mass is 16.7. The summed E-state index contributed by atoms with van der Waals surface area (Å²) in [4.78, 5) is 2.64. The highest BCUT2D eigenvalue weighted by molar-refractivity contribution is 4.99. The Morgan fingerprint density at radius 2 is 1.86 bits per heavy atom. The topological polar surface area (TPSA) is 36.0 Å². The summed E-state index contributed by atoms with van der Waals surface area (Å²) in [6.07, 6.45) is 4.94. The Labute approximate surface area is 85.0 Å². The van der Waals surface area contributed by atoms with Crippen molar-refractivity contribution in [1.29, 1.82) is 0 Å². The smallest absolute Gasteiger partial charge is 0.182 e. The molecule has 14 heavy (non-hydrogen) atoms. The van der Waals surface area contributed by atoms with Crippen molar-refractivity contribution in [2.75, 3.05) is 6.54 Å². The zero-order chi connectivity index (χ0) is 9.71. The van der Waals surface area contributed by atoms with Crippen molar-refractivity contribution >= 4 is 0 Å². The number of piperidine rings is 1. The van der Waals surface area contributed by atoms with Gasteiger partial charge in [0.1, 0.15) is 6.10 Å². The Bertz CT molecular complexity index is 219. The third-order valence-electron chi connectivity index (χ3n) is 4.25. The van der Waals surface area contributed by atoms with Crippen LogP contribution in [-0.2, 0) is 4.74 Å². The van der Waals surface area contributed by atoms with Crippen LogP contribution in [0, 0.1) is 5.92 Å². The number of hydrogen-bond acceptors (Lipinski definition) is 3. The summed E-state index contributed by atoms with van der Waals surface area (Å²) in [5, 5.41) is 9.26. The SMILES string of the molecule is CCN1C2CCC1CC(C1OC1O)C2. The molecule has 3 nitrogen and oxygen atoms in total. The van der Waals surface area contributed by atoms with Gasteiger partial charge in [0.2, 0.25) is 0 Å². The predicted octanol–water partition coefficient (Wildman–Crippen LogP) is 0.967. The molecule has 4 unspecified atom stereocenters. The monoisotopic (exact) mass is 197 g/mol. The Kier molecular flexibility index (Phi) is 2.08. The molecular formula is C11H19NO2. The fraction of sp³-hybridized carbons (Fsp3) is 1.00. The van der Waals surface area contributed by atoms with Crippen molar-refractivity contribution in [3.8, 4) is 0 Å². The second kappa shape index (κ2) is 3.19. The highest BCUT2D eigenvalue weighted by Crippen LogP contribution is 2.44. The minimum absolute atomic E-state index is 0.178. The van der Waals surface area contributed by atoms with Gasteiger partial charge in [-0.25, -0.2) is 0 Å². The van der Waals surface area contributed by atoms with Crippen LogP contribution in [-0.4, -0.2) is 41.0 Å². The molecule has 0 spiro atoms. The van der Waals surface area contributed by atoms with Gasteiger partial charge in [-0.15, -0.1) is 0 Å². The first-order chi connectivity index (χ1) is 6.79. The number of epoxide rings is 1. The van der Waals surface area contributed by atoms with Crippen LogP contribution in [0.2, 0.25) is 0 Å². The molecule has 2 bridgehead atoms. The van der Waals surface area contributed by atoms with Crippen LogP contribution in [0.4, 0.5) is 0 Å². The lowest BCUT2D eigenvalue weighted by atomic mass is 9.88. The molecule has 0 aliphatic carbocycles. The minimum atomic E-state index is -0.437. The Hall–Kier alpha value is -0.120. The number of rotatable bonds is 2. The number of aliphatic hydroxyl groups excluding tert-OH is 1. The van der Waals surface area contributed by atoms with E-state index in [1.54, 1.807) is 0 Å². The average Bonchev–Trinajstić information content (AvgIpc) is 2.85. The highest BCUT2D eigenvalue weighted by Gasteiger charge is 2.50. The maximum Gasteiger partial charge on any atom is 0.182 e. The van der Waals surface area contributed by atoms with Crippen molar-refractivity contribution in [2.45, 2.75) is 57.1 Å². The Morgan fingerprint density at radius 1 is 1.29 bits per heavy atom. The maximum atomic E-state index is 9.26. The second-order valence-corrected chi connectivity index (χ2v) is 4.94. The summed E-state index contributed by atoms with van der Waals surface area (Å²) in [6, 6.07) is 1.56. The molecular weight excluding hydrogens is 178 g/mol. The van der Waals surface area contributed by atoms with E-state index in [9.17, 15) is 5.11 Å². The van der Waals surface area contributed by atoms with Crippen molar-refractivity contribution in [2.24, 2.45) is 5.92 Å². The summed E-state index contributed by atoms with van der Waals surface area (Å²) < 4.78 is 5.19. The predicted molar refractivity (Wildman–Crippen MR) is 52.8 cm³/mol. The second-order valence-electron chi connectivity index (χ2n) is 4.94. The van der Waals surface area contributed by atoms with Gasteiger partial charge in [-0.2, -0.15) is 0 Å². The first-order valence-electron chi connectivity index (χ1n) is 5.89. The standard InChI is InChI=1S/C11H19NO2/c1-2-12-8-3-4-9(12)6-7(5-8)10-11(13)14-10/h7-11,13H,2-6H2,1H3. The number of nitrogens with zero attached hydrogens (tertiary/aromatic N) is 1. The van der Waals surface area contributed by atoms with E-state index in [4.69, 9.17) is 4.74 Å². The summed E-state index contributed by atoms with van der Waals surface area (Å²) in [7, 11) is 0. The van der Waals surface area contributed by atoms with E-state index in [2.05, 4.69) is 11.8 Å². The normalized spacial score (nSPS) is 52.3. The van der Waals surface area contributed by atoms with E-state index in [-0.39, 0.29) is 6.10 Å². The third-order valence-corrected chi connectivity index (χ3v) is 4.25. The van der Waals surface area contributed by atoms with Crippen LogP contribution in [0.25, 0.3) is 0 Å². The van der Waals surface area contributed by atoms with E-state index in [0.29, 0.717) is 5.92 Å². The molecule has 3 heterocycles. The molecule has 0 amide bonds. The number of aliphatic hydroxyl groups is 1. The van der Waals surface area contributed by atoms with Crippen LogP contribution in [0.15, 0.2) is 0 Å². The van der Waals surface area contributed by atoms with Crippen LogP contribution >= 0.6 is 0 Å². The zero-order valence-corrected chi connectivity index (χ0v) is 8.72. The van der Waals surface area contributed by atoms with Gasteiger partial charge in [0.05, 0.1) is 0 Å². The lowest BCUT2D eigenvalue weighted by molar-refractivity contribution is 0.0962. The summed E-state index contributed by atoms with van der Waals surface area (Å²) in [5.41, 5.74) is 0. The average molecular weight is 197 g/mol. The van der Waals surface area contributed by atoms with Gasteiger partial charge in [0.25, 0.3) is 0 Å². The fourth-order valence-corrected chi connectivity index (χ4v) is 3.56. The minimum Gasteiger partial charge on any atom is -0.366 e. The maximum absolute atomic E-state index is 9.26. The van der Waals surface area contributed by atoms with Crippen molar-refractivity contribution in [3.63, 3.8) is 0 Å². The van der Waals surface area contributed by atoms with Gasteiger partial charge < -0.3 is 9.84 Å². The third kappa shape index (κ3) is 1.30. The number of fused-ring (bicyclic) bond motifs is 2. The lowest BCUT2D eigenvalue weighted by Crippen LogP contribution is -2.43. The molecule has 3 aliphatic heterocycles. The van der Waals surface area contributed by atoms with Gasteiger partial charge in [-0.1, -0.05) is 6.92 Å². The van der Waals surface area contributed by atoms with Gasteiger partial charge in [0, 0.05) is 12.1 Å². The molecule has 3 heteroatoms. The summed E-state index contributed by atoms with van der Waals surface area (Å²) in [6.45, 7) is 3.45. The van der Waals surface area contributed by atoms with E-state index >= 15 is 0 Å². The van der Waals surface area contributed by atoms with Crippen molar-refractivity contribution in [3.05, 3.63) is 0 Å². The fourth-order valence-electron chi connectivity index (χ4n) is 3.56. The molecule has 0 aromatic carbocycles. The molecule has 0 saturated carbocycles. The van der Waals surface area contributed by atoms with Crippen LogP contribution in [0.3, 0.4) is 0 Å². The zero-order valence-electron chi connectivity index (χ0n) is 8.72. The first-order valence-corrected chi connectivity index (χ1v) is 5.89. The number of hydrogen-bond donors (Lipinski definition) is 1. The van der Waals surface area contributed by atoms with Gasteiger partial charge >= 0.3 is 0 Å². The quantitative estimate of drug-likeness (QED) is 0.670. The van der Waals surface area contributed by atoms with Crippen molar-refractivity contribution < 1.29 is 9.84 Å². The molecule has 3 aliphatic rings. The molecule has 4 atom stereocenters. The molecule has 3 rings (SSSR count). The van der Waals surface area contributed by atoms with Gasteiger partial charge in [-0.3, -0.25) is 4.90 Å². The van der Waals surface area contributed by atoms with E-state index in [1.165, 1.54) is 32.2 Å². The van der Waals surface area contributed by atoms with Crippen molar-refractivity contribution in [1.82, 2.24) is 4.90 Å².